The van der Waals surface area contributed by atoms with Gasteiger partial charge in [-0.25, -0.2) is 0 Å². The van der Waals surface area contributed by atoms with E-state index in [-0.39, 0.29) is 23.6 Å². The highest BCUT2D eigenvalue weighted by Gasteiger charge is 2.30. The number of carbonyl (C=O) groups is 2. The summed E-state index contributed by atoms with van der Waals surface area (Å²) in [5.41, 5.74) is 8.76. The number of aromatic amines is 1. The summed E-state index contributed by atoms with van der Waals surface area (Å²) in [7, 11) is 0. The molecule has 5 nitrogen and oxygen atoms in total. The van der Waals surface area contributed by atoms with Gasteiger partial charge in [-0.2, -0.15) is 0 Å². The van der Waals surface area contributed by atoms with Crippen molar-refractivity contribution in [3.05, 3.63) is 89.6 Å². The fraction of sp³-hybridized carbons (Fsp3) is 0.120. The standard InChI is InChI=1S/C25H21N3O2/c26-24-21(25(30)27-19-12-13-19)20(18-11-10-15-6-4-5-9-17(15)14-18)22(28-24)23(29)16-7-2-1-3-8-16/h1-11,14,19,28H,12-13,26H2,(H,27,30). The van der Waals surface area contributed by atoms with Crippen molar-refractivity contribution in [2.24, 2.45) is 0 Å². The summed E-state index contributed by atoms with van der Waals surface area (Å²) in [6, 6.07) is 23.1. The quantitative estimate of drug-likeness (QED) is 0.434. The molecule has 0 saturated heterocycles. The Hall–Kier alpha value is -3.86. The van der Waals surface area contributed by atoms with Crippen LogP contribution in [-0.2, 0) is 0 Å². The SMILES string of the molecule is Nc1[nH]c(C(=O)c2ccccc2)c(-c2ccc3ccccc3c2)c1C(=O)NC1CC1. The predicted octanol–water partition coefficient (Wildman–Crippen LogP) is 4.54. The number of rotatable bonds is 5. The number of carbonyl (C=O) groups excluding carboxylic acids is 2. The van der Waals surface area contributed by atoms with Crippen LogP contribution in [0.1, 0.15) is 39.3 Å². The van der Waals surface area contributed by atoms with Gasteiger partial charge in [-0.1, -0.05) is 66.7 Å². The van der Waals surface area contributed by atoms with Crippen molar-refractivity contribution in [2.45, 2.75) is 18.9 Å². The molecule has 0 radical (unpaired) electrons. The molecule has 148 valence electrons. The third-order valence-corrected chi connectivity index (χ3v) is 5.47. The molecule has 1 heterocycles. The molecule has 1 fully saturated rings. The normalized spacial score (nSPS) is 13.3. The highest BCUT2D eigenvalue weighted by atomic mass is 16.2. The van der Waals surface area contributed by atoms with Crippen LogP contribution >= 0.6 is 0 Å². The molecule has 1 saturated carbocycles. The lowest BCUT2D eigenvalue weighted by atomic mass is 9.94. The zero-order valence-corrected chi connectivity index (χ0v) is 16.3. The van der Waals surface area contributed by atoms with Crippen LogP contribution in [0.15, 0.2) is 72.8 Å². The van der Waals surface area contributed by atoms with Crippen LogP contribution in [0.2, 0.25) is 0 Å². The smallest absolute Gasteiger partial charge is 0.255 e. The number of nitrogen functional groups attached to an aromatic ring is 1. The summed E-state index contributed by atoms with van der Waals surface area (Å²) in [6.07, 6.45) is 1.94. The fourth-order valence-electron chi connectivity index (χ4n) is 3.78. The second-order valence-electron chi connectivity index (χ2n) is 7.67. The molecule has 4 aromatic rings. The van der Waals surface area contributed by atoms with Crippen LogP contribution < -0.4 is 11.1 Å². The van der Waals surface area contributed by atoms with Crippen LogP contribution in [0.25, 0.3) is 21.9 Å². The van der Waals surface area contributed by atoms with Gasteiger partial charge < -0.3 is 16.0 Å². The maximum Gasteiger partial charge on any atom is 0.255 e. The van der Waals surface area contributed by atoms with Crippen LogP contribution in [0.3, 0.4) is 0 Å². The van der Waals surface area contributed by atoms with Gasteiger partial charge in [0, 0.05) is 17.2 Å². The second kappa shape index (κ2) is 7.19. The number of hydrogen-bond donors (Lipinski definition) is 3. The third kappa shape index (κ3) is 3.24. The predicted molar refractivity (Wildman–Crippen MR) is 119 cm³/mol. The van der Waals surface area contributed by atoms with E-state index in [1.165, 1.54) is 0 Å². The molecule has 1 aliphatic rings. The van der Waals surface area contributed by atoms with E-state index in [2.05, 4.69) is 10.3 Å². The van der Waals surface area contributed by atoms with Crippen molar-refractivity contribution in [1.82, 2.24) is 10.3 Å². The molecule has 0 unspecified atom stereocenters. The van der Waals surface area contributed by atoms with Gasteiger partial charge in [0.15, 0.2) is 0 Å². The van der Waals surface area contributed by atoms with Crippen molar-refractivity contribution in [2.75, 3.05) is 5.73 Å². The molecule has 30 heavy (non-hydrogen) atoms. The molecular weight excluding hydrogens is 374 g/mol. The maximum absolute atomic E-state index is 13.3. The number of fused-ring (bicyclic) bond motifs is 1. The van der Waals surface area contributed by atoms with E-state index in [0.29, 0.717) is 22.4 Å². The van der Waals surface area contributed by atoms with E-state index in [4.69, 9.17) is 5.73 Å². The largest absolute Gasteiger partial charge is 0.385 e. The van der Waals surface area contributed by atoms with Crippen molar-refractivity contribution >= 4 is 28.3 Å². The second-order valence-corrected chi connectivity index (χ2v) is 7.67. The van der Waals surface area contributed by atoms with E-state index in [1.54, 1.807) is 12.1 Å². The highest BCUT2D eigenvalue weighted by Crippen LogP contribution is 2.35. The molecule has 5 rings (SSSR count). The van der Waals surface area contributed by atoms with E-state index in [9.17, 15) is 9.59 Å². The minimum absolute atomic E-state index is 0.185. The van der Waals surface area contributed by atoms with Crippen LogP contribution in [0.5, 0.6) is 0 Å². The van der Waals surface area contributed by atoms with Gasteiger partial charge in [-0.3, -0.25) is 9.59 Å². The summed E-state index contributed by atoms with van der Waals surface area (Å²) in [5, 5.41) is 5.12. The minimum Gasteiger partial charge on any atom is -0.385 e. The zero-order valence-electron chi connectivity index (χ0n) is 16.3. The van der Waals surface area contributed by atoms with Crippen LogP contribution in [0, 0.1) is 0 Å². The van der Waals surface area contributed by atoms with E-state index in [0.717, 1.165) is 29.2 Å². The zero-order chi connectivity index (χ0) is 20.7. The molecule has 4 N–H and O–H groups in total. The first-order valence-electron chi connectivity index (χ1n) is 10.0. The monoisotopic (exact) mass is 395 g/mol. The summed E-state index contributed by atoms with van der Waals surface area (Å²) in [5.74, 6) is -0.243. The lowest BCUT2D eigenvalue weighted by molar-refractivity contribution is 0.0952. The number of benzene rings is 3. The van der Waals surface area contributed by atoms with Crippen molar-refractivity contribution in [1.29, 1.82) is 0 Å². The maximum atomic E-state index is 13.3. The Morgan fingerprint density at radius 2 is 1.60 bits per heavy atom. The van der Waals surface area contributed by atoms with E-state index in [1.807, 2.05) is 60.7 Å². The summed E-state index contributed by atoms with van der Waals surface area (Å²) in [4.78, 5) is 29.3. The number of hydrogen-bond acceptors (Lipinski definition) is 3. The summed E-state index contributed by atoms with van der Waals surface area (Å²) in [6.45, 7) is 0. The lowest BCUT2D eigenvalue weighted by Gasteiger charge is -2.10. The Balaban J connectivity index is 1.70. The molecule has 1 aromatic heterocycles. The molecule has 3 aromatic carbocycles. The number of ketones is 1. The van der Waals surface area contributed by atoms with Crippen molar-refractivity contribution in [3.63, 3.8) is 0 Å². The van der Waals surface area contributed by atoms with Gasteiger partial charge in [-0.05, 0) is 35.2 Å². The topological polar surface area (TPSA) is 88.0 Å². The molecule has 0 spiro atoms. The lowest BCUT2D eigenvalue weighted by Crippen LogP contribution is -2.26. The first-order chi connectivity index (χ1) is 14.6. The van der Waals surface area contributed by atoms with Crippen LogP contribution in [-0.4, -0.2) is 22.7 Å². The van der Waals surface area contributed by atoms with Crippen LogP contribution in [0.4, 0.5) is 5.82 Å². The molecule has 5 heteroatoms. The highest BCUT2D eigenvalue weighted by molar-refractivity contribution is 6.17. The Kier molecular flexibility index (Phi) is 4.36. The van der Waals surface area contributed by atoms with Crippen molar-refractivity contribution in [3.8, 4) is 11.1 Å². The minimum atomic E-state index is -0.249. The summed E-state index contributed by atoms with van der Waals surface area (Å²) < 4.78 is 0. The molecule has 0 atom stereocenters. The molecular formula is C25H21N3O2. The van der Waals surface area contributed by atoms with Crippen molar-refractivity contribution < 1.29 is 9.59 Å². The third-order valence-electron chi connectivity index (χ3n) is 5.47. The molecule has 0 bridgehead atoms. The Labute approximate surface area is 173 Å². The molecule has 1 aliphatic carbocycles. The van der Waals surface area contributed by atoms with Gasteiger partial charge in [0.25, 0.3) is 5.91 Å². The number of amides is 1. The number of aromatic nitrogens is 1. The fourth-order valence-corrected chi connectivity index (χ4v) is 3.78. The van der Waals surface area contributed by atoms with Gasteiger partial charge in [-0.15, -0.1) is 0 Å². The number of H-pyrrole nitrogens is 1. The average molecular weight is 395 g/mol. The first kappa shape index (κ1) is 18.2. The number of nitrogens with one attached hydrogen (secondary N) is 2. The Morgan fingerprint density at radius 3 is 2.33 bits per heavy atom. The Bertz CT molecular complexity index is 1270. The first-order valence-corrected chi connectivity index (χ1v) is 10.0. The molecule has 1 amide bonds. The Morgan fingerprint density at radius 1 is 0.900 bits per heavy atom. The average Bonchev–Trinajstić information content (AvgIpc) is 3.52. The molecule has 0 aliphatic heterocycles. The van der Waals surface area contributed by atoms with Gasteiger partial charge in [0.05, 0.1) is 11.3 Å². The number of nitrogens with two attached hydrogens (primary N) is 1. The van der Waals surface area contributed by atoms with Gasteiger partial charge in [0.1, 0.15) is 5.82 Å². The summed E-state index contributed by atoms with van der Waals surface area (Å²) >= 11 is 0. The van der Waals surface area contributed by atoms with E-state index < -0.39 is 0 Å². The van der Waals surface area contributed by atoms with Gasteiger partial charge >= 0.3 is 0 Å². The van der Waals surface area contributed by atoms with Gasteiger partial charge in [0.2, 0.25) is 5.78 Å². The van der Waals surface area contributed by atoms with E-state index >= 15 is 0 Å². The number of anilines is 1.